The van der Waals surface area contributed by atoms with Crippen molar-refractivity contribution in [3.05, 3.63) is 18.7 Å². The van der Waals surface area contributed by atoms with Gasteiger partial charge in [-0.1, -0.05) is 5.92 Å². The molecule has 0 unspecified atom stereocenters. The summed E-state index contributed by atoms with van der Waals surface area (Å²) in [5, 5.41) is 0. The van der Waals surface area contributed by atoms with Crippen LogP contribution in [-0.4, -0.2) is 4.57 Å². The molecule has 0 aromatic carbocycles. The molecule has 52 valence electrons. The van der Waals surface area contributed by atoms with Crippen LogP contribution in [0, 0.1) is 12.0 Å². The van der Waals surface area contributed by atoms with Crippen LogP contribution in [-0.2, 0) is 6.54 Å². The largest absolute Gasteiger partial charge is 0.257 e. The maximum Gasteiger partial charge on any atom is 0.257 e. The highest BCUT2D eigenvalue weighted by Gasteiger charge is 1.95. The van der Waals surface area contributed by atoms with Crippen LogP contribution in [0.15, 0.2) is 18.7 Å². The smallest absolute Gasteiger partial charge is 0.236 e. The van der Waals surface area contributed by atoms with Crippen molar-refractivity contribution in [2.45, 2.75) is 20.4 Å². The zero-order valence-corrected chi connectivity index (χ0v) is 6.33. The fraction of sp³-hybridized carbons (Fsp3) is 0.375. The lowest BCUT2D eigenvalue weighted by molar-refractivity contribution is -0.583. The molecule has 0 atom stereocenters. The van der Waals surface area contributed by atoms with Crippen LogP contribution >= 0.6 is 0 Å². The molecule has 0 spiro atoms. The van der Waals surface area contributed by atoms with E-state index in [2.05, 4.69) is 23.5 Å². The predicted octanol–water partition coefficient (Wildman–Crippen LogP) is 0.624. The van der Waals surface area contributed by atoms with Gasteiger partial charge in [-0.15, -0.1) is 0 Å². The van der Waals surface area contributed by atoms with Crippen molar-refractivity contribution in [2.75, 3.05) is 0 Å². The van der Waals surface area contributed by atoms with Crippen molar-refractivity contribution in [1.82, 2.24) is 4.57 Å². The monoisotopic (exact) mass is 135 g/mol. The molecule has 0 aliphatic rings. The SMILES string of the molecule is CC#C[n+]1ccn(CC)c1. The van der Waals surface area contributed by atoms with Crippen LogP contribution in [0.3, 0.4) is 0 Å². The molecule has 0 saturated heterocycles. The highest BCUT2D eigenvalue weighted by molar-refractivity contribution is 4.84. The van der Waals surface area contributed by atoms with E-state index in [1.807, 2.05) is 30.2 Å². The summed E-state index contributed by atoms with van der Waals surface area (Å²) >= 11 is 0. The number of nitrogens with zero attached hydrogens (tertiary/aromatic N) is 2. The van der Waals surface area contributed by atoms with Crippen LogP contribution in [0.25, 0.3) is 0 Å². The first kappa shape index (κ1) is 6.88. The third kappa shape index (κ3) is 1.38. The van der Waals surface area contributed by atoms with Gasteiger partial charge in [0.25, 0.3) is 6.33 Å². The molecule has 10 heavy (non-hydrogen) atoms. The van der Waals surface area contributed by atoms with Crippen molar-refractivity contribution < 1.29 is 4.57 Å². The normalized spacial score (nSPS) is 8.60. The molecular formula is C8H11N2+. The number of hydrogen-bond acceptors (Lipinski definition) is 0. The van der Waals surface area contributed by atoms with Gasteiger partial charge in [0, 0.05) is 6.92 Å². The molecule has 1 rings (SSSR count). The maximum absolute atomic E-state index is 2.91. The van der Waals surface area contributed by atoms with E-state index in [0.717, 1.165) is 6.54 Å². The third-order valence-electron chi connectivity index (χ3n) is 1.30. The second kappa shape index (κ2) is 3.07. The van der Waals surface area contributed by atoms with E-state index in [4.69, 9.17) is 0 Å². The topological polar surface area (TPSA) is 8.81 Å². The Morgan fingerprint density at radius 2 is 2.40 bits per heavy atom. The van der Waals surface area contributed by atoms with Gasteiger partial charge in [0.15, 0.2) is 0 Å². The first-order chi connectivity index (χ1) is 4.86. The highest BCUT2D eigenvalue weighted by atomic mass is 15.1. The minimum atomic E-state index is 0.998. The number of aromatic nitrogens is 2. The lowest BCUT2D eigenvalue weighted by Crippen LogP contribution is -2.24. The lowest BCUT2D eigenvalue weighted by atomic mass is 10.7. The minimum Gasteiger partial charge on any atom is -0.236 e. The summed E-state index contributed by atoms with van der Waals surface area (Å²) in [6.07, 6.45) is 5.92. The van der Waals surface area contributed by atoms with Gasteiger partial charge >= 0.3 is 0 Å². The van der Waals surface area contributed by atoms with Crippen LogP contribution in [0.5, 0.6) is 0 Å². The first-order valence-corrected chi connectivity index (χ1v) is 3.36. The Balaban J connectivity index is 2.84. The molecule has 2 nitrogen and oxygen atoms in total. The van der Waals surface area contributed by atoms with E-state index in [9.17, 15) is 0 Å². The Bertz CT molecular complexity index is 262. The first-order valence-electron chi connectivity index (χ1n) is 3.36. The predicted molar refractivity (Wildman–Crippen MR) is 39.1 cm³/mol. The quantitative estimate of drug-likeness (QED) is 0.394. The zero-order valence-electron chi connectivity index (χ0n) is 6.33. The minimum absolute atomic E-state index is 0.998. The van der Waals surface area contributed by atoms with Gasteiger partial charge in [0.1, 0.15) is 18.4 Å². The Hall–Kier alpha value is -1.23. The molecule has 0 bridgehead atoms. The fourth-order valence-corrected chi connectivity index (χ4v) is 0.777. The van der Waals surface area contributed by atoms with E-state index >= 15 is 0 Å². The Morgan fingerprint density at radius 1 is 1.60 bits per heavy atom. The third-order valence-corrected chi connectivity index (χ3v) is 1.30. The summed E-state index contributed by atoms with van der Waals surface area (Å²) in [6, 6.07) is 2.91. The highest BCUT2D eigenvalue weighted by Crippen LogP contribution is 1.80. The van der Waals surface area contributed by atoms with Crippen LogP contribution in [0.4, 0.5) is 0 Å². The standard InChI is InChI=1S/C8H11N2/c1-3-5-10-7-6-9(4-2)8-10/h6-8H,4H2,1-2H3/q+1. The summed E-state index contributed by atoms with van der Waals surface area (Å²) in [5.41, 5.74) is 0. The van der Waals surface area contributed by atoms with Gasteiger partial charge in [0.2, 0.25) is 0 Å². The van der Waals surface area contributed by atoms with E-state index in [1.165, 1.54) is 0 Å². The van der Waals surface area contributed by atoms with Crippen LogP contribution in [0.2, 0.25) is 0 Å². The van der Waals surface area contributed by atoms with Crippen molar-refractivity contribution in [1.29, 1.82) is 0 Å². The van der Waals surface area contributed by atoms with Gasteiger partial charge in [-0.25, -0.2) is 4.57 Å². The second-order valence-electron chi connectivity index (χ2n) is 2.01. The summed E-state index contributed by atoms with van der Waals surface area (Å²) in [7, 11) is 0. The van der Waals surface area contributed by atoms with E-state index < -0.39 is 0 Å². The summed E-state index contributed by atoms with van der Waals surface area (Å²) < 4.78 is 3.92. The summed E-state index contributed by atoms with van der Waals surface area (Å²) in [5.74, 6) is 2.82. The average Bonchev–Trinajstić information content (AvgIpc) is 2.37. The van der Waals surface area contributed by atoms with Crippen molar-refractivity contribution in [3.63, 3.8) is 0 Å². The van der Waals surface area contributed by atoms with Crippen LogP contribution in [0.1, 0.15) is 13.8 Å². The lowest BCUT2D eigenvalue weighted by Gasteiger charge is -1.80. The average molecular weight is 135 g/mol. The van der Waals surface area contributed by atoms with Crippen molar-refractivity contribution >= 4 is 0 Å². The molecular weight excluding hydrogens is 124 g/mol. The second-order valence-corrected chi connectivity index (χ2v) is 2.01. The molecule has 0 aliphatic carbocycles. The van der Waals surface area contributed by atoms with Gasteiger partial charge in [-0.2, -0.15) is 4.57 Å². The van der Waals surface area contributed by atoms with E-state index in [1.54, 1.807) is 0 Å². The fourth-order valence-electron chi connectivity index (χ4n) is 0.777. The van der Waals surface area contributed by atoms with Gasteiger partial charge in [0.05, 0.1) is 6.54 Å². The molecule has 1 aromatic rings. The molecule has 0 amide bonds. The van der Waals surface area contributed by atoms with E-state index in [-0.39, 0.29) is 0 Å². The Kier molecular flexibility index (Phi) is 2.11. The van der Waals surface area contributed by atoms with Gasteiger partial charge in [-0.05, 0) is 6.92 Å². The van der Waals surface area contributed by atoms with Crippen molar-refractivity contribution in [2.24, 2.45) is 0 Å². The number of imidazole rings is 1. The molecule has 0 radical (unpaired) electrons. The molecule has 1 aromatic heterocycles. The van der Waals surface area contributed by atoms with Crippen LogP contribution < -0.4 is 4.57 Å². The Labute approximate surface area is 61.1 Å². The molecule has 2 heteroatoms. The van der Waals surface area contributed by atoms with Crippen molar-refractivity contribution in [3.8, 4) is 12.0 Å². The maximum atomic E-state index is 2.91. The molecule has 0 fully saturated rings. The molecule has 1 heterocycles. The number of aryl methyl sites for hydroxylation is 1. The zero-order chi connectivity index (χ0) is 7.40. The summed E-state index contributed by atoms with van der Waals surface area (Å²) in [4.78, 5) is 0. The molecule has 0 saturated carbocycles. The van der Waals surface area contributed by atoms with Gasteiger partial charge in [-0.3, -0.25) is 0 Å². The molecule has 0 N–H and O–H groups in total. The number of rotatable bonds is 1. The Morgan fingerprint density at radius 3 is 2.90 bits per heavy atom. The summed E-state index contributed by atoms with van der Waals surface area (Å²) in [6.45, 7) is 4.93. The van der Waals surface area contributed by atoms with E-state index in [0.29, 0.717) is 0 Å². The molecule has 0 aliphatic heterocycles. The van der Waals surface area contributed by atoms with Gasteiger partial charge < -0.3 is 0 Å². The number of hydrogen-bond donors (Lipinski definition) is 0.